The number of hydrogen-bond acceptors (Lipinski definition) is 2. The maximum absolute atomic E-state index is 6.10. The Bertz CT molecular complexity index is 429. The zero-order valence-electron chi connectivity index (χ0n) is 11.9. The summed E-state index contributed by atoms with van der Waals surface area (Å²) in [5, 5.41) is 0. The molecule has 1 aromatic rings. The monoisotopic (exact) mass is 325 g/mol. The highest BCUT2D eigenvalue weighted by Gasteiger charge is 2.19. The maximum Gasteiger partial charge on any atom is 0.125 e. The fourth-order valence-electron chi connectivity index (χ4n) is 2.44. The fourth-order valence-corrected chi connectivity index (χ4v) is 3.06. The quantitative estimate of drug-likeness (QED) is 0.850. The molecule has 0 aromatic heterocycles. The lowest BCUT2D eigenvalue weighted by Crippen LogP contribution is -2.23. The van der Waals surface area contributed by atoms with E-state index in [1.165, 1.54) is 30.4 Å². The molecule has 0 bridgehead atoms. The Labute approximate surface area is 124 Å². The number of nitrogens with two attached hydrogens (primary N) is 1. The average Bonchev–Trinajstić information content (AvgIpc) is 2.29. The summed E-state index contributed by atoms with van der Waals surface area (Å²) >= 11 is 3.57. The molecule has 1 saturated carbocycles. The van der Waals surface area contributed by atoms with Gasteiger partial charge in [0.1, 0.15) is 5.75 Å². The van der Waals surface area contributed by atoms with Gasteiger partial charge in [-0.1, -0.05) is 29.3 Å². The van der Waals surface area contributed by atoms with Crippen molar-refractivity contribution < 1.29 is 4.74 Å². The van der Waals surface area contributed by atoms with Gasteiger partial charge in [0.2, 0.25) is 0 Å². The van der Waals surface area contributed by atoms with Crippen LogP contribution in [0.3, 0.4) is 0 Å². The second kappa shape index (κ2) is 6.76. The van der Waals surface area contributed by atoms with E-state index in [0.29, 0.717) is 0 Å². The Hall–Kier alpha value is -0.540. The summed E-state index contributed by atoms with van der Waals surface area (Å²) in [5.41, 5.74) is 8.53. The largest absolute Gasteiger partial charge is 0.493 e. The van der Waals surface area contributed by atoms with E-state index in [1.54, 1.807) is 0 Å². The van der Waals surface area contributed by atoms with Gasteiger partial charge in [0, 0.05) is 10.5 Å². The van der Waals surface area contributed by atoms with Gasteiger partial charge < -0.3 is 10.5 Å². The number of benzene rings is 1. The van der Waals surface area contributed by atoms with Crippen molar-refractivity contribution in [3.63, 3.8) is 0 Å². The Balaban J connectivity index is 2.12. The van der Waals surface area contributed by atoms with Crippen molar-refractivity contribution in [3.8, 4) is 5.75 Å². The Morgan fingerprint density at radius 3 is 2.74 bits per heavy atom. The number of ether oxygens (including phenoxy) is 1. The minimum Gasteiger partial charge on any atom is -0.493 e. The van der Waals surface area contributed by atoms with Crippen LogP contribution in [-0.4, -0.2) is 12.6 Å². The van der Waals surface area contributed by atoms with Gasteiger partial charge in [-0.05, 0) is 61.8 Å². The number of halogens is 1. The van der Waals surface area contributed by atoms with Crippen molar-refractivity contribution >= 4 is 15.9 Å². The number of aryl methyl sites for hydroxylation is 1. The standard InChI is InChI=1S/C16H24BrNO/c1-3-15(18)9-13-8-14(17)7-11(2)16(13)19-10-12-5-4-6-12/h7-8,12,15H,3-6,9-10,18H2,1-2H3. The molecule has 0 spiro atoms. The van der Waals surface area contributed by atoms with E-state index in [9.17, 15) is 0 Å². The van der Waals surface area contributed by atoms with E-state index in [1.807, 2.05) is 0 Å². The first-order valence-electron chi connectivity index (χ1n) is 7.27. The molecule has 0 amide bonds. The lowest BCUT2D eigenvalue weighted by atomic mass is 9.86. The molecule has 3 heteroatoms. The second-order valence-electron chi connectivity index (χ2n) is 5.69. The Morgan fingerprint density at radius 2 is 2.16 bits per heavy atom. The highest BCUT2D eigenvalue weighted by atomic mass is 79.9. The van der Waals surface area contributed by atoms with E-state index in [4.69, 9.17) is 10.5 Å². The molecule has 1 fully saturated rings. The van der Waals surface area contributed by atoms with Crippen molar-refractivity contribution in [3.05, 3.63) is 27.7 Å². The van der Waals surface area contributed by atoms with Crippen molar-refractivity contribution in [1.82, 2.24) is 0 Å². The molecule has 1 aliphatic rings. The summed E-state index contributed by atoms with van der Waals surface area (Å²) in [4.78, 5) is 0. The third-order valence-corrected chi connectivity index (χ3v) is 4.47. The van der Waals surface area contributed by atoms with Crippen LogP contribution in [0.1, 0.15) is 43.7 Å². The van der Waals surface area contributed by atoms with Gasteiger partial charge in [0.05, 0.1) is 6.61 Å². The molecule has 0 aliphatic heterocycles. The zero-order chi connectivity index (χ0) is 13.8. The average molecular weight is 326 g/mol. The maximum atomic E-state index is 6.10. The van der Waals surface area contributed by atoms with E-state index < -0.39 is 0 Å². The van der Waals surface area contributed by atoms with Crippen LogP contribution < -0.4 is 10.5 Å². The van der Waals surface area contributed by atoms with E-state index in [-0.39, 0.29) is 6.04 Å². The molecular formula is C16H24BrNO. The van der Waals surface area contributed by atoms with Crippen LogP contribution in [0.25, 0.3) is 0 Å². The summed E-state index contributed by atoms with van der Waals surface area (Å²) in [6.45, 7) is 5.10. The third-order valence-electron chi connectivity index (χ3n) is 4.01. The molecule has 0 saturated heterocycles. The zero-order valence-corrected chi connectivity index (χ0v) is 13.5. The molecule has 1 atom stereocenters. The molecule has 1 aliphatic carbocycles. The van der Waals surface area contributed by atoms with Gasteiger partial charge in [-0.2, -0.15) is 0 Å². The minimum absolute atomic E-state index is 0.208. The van der Waals surface area contributed by atoms with E-state index >= 15 is 0 Å². The first-order valence-corrected chi connectivity index (χ1v) is 8.06. The van der Waals surface area contributed by atoms with Gasteiger partial charge >= 0.3 is 0 Å². The topological polar surface area (TPSA) is 35.2 Å². The Kier molecular flexibility index (Phi) is 5.28. The number of hydrogen-bond donors (Lipinski definition) is 1. The lowest BCUT2D eigenvalue weighted by molar-refractivity contribution is 0.178. The molecule has 0 radical (unpaired) electrons. The van der Waals surface area contributed by atoms with Crippen molar-refractivity contribution in [2.45, 2.75) is 52.0 Å². The van der Waals surface area contributed by atoms with Crippen molar-refractivity contribution in [1.29, 1.82) is 0 Å². The van der Waals surface area contributed by atoms with Gasteiger partial charge in [0.15, 0.2) is 0 Å². The van der Waals surface area contributed by atoms with Crippen LogP contribution in [-0.2, 0) is 6.42 Å². The van der Waals surface area contributed by atoms with E-state index in [0.717, 1.165) is 35.6 Å². The molecule has 1 aromatic carbocycles. The molecule has 19 heavy (non-hydrogen) atoms. The highest BCUT2D eigenvalue weighted by Crippen LogP contribution is 2.32. The predicted octanol–water partition coefficient (Wildman–Crippen LogP) is 4.22. The van der Waals surface area contributed by atoms with Crippen LogP contribution >= 0.6 is 15.9 Å². The van der Waals surface area contributed by atoms with Gasteiger partial charge in [-0.3, -0.25) is 0 Å². The Morgan fingerprint density at radius 1 is 1.42 bits per heavy atom. The van der Waals surface area contributed by atoms with Crippen LogP contribution in [0, 0.1) is 12.8 Å². The summed E-state index contributed by atoms with van der Waals surface area (Å²) in [6, 6.07) is 4.48. The van der Waals surface area contributed by atoms with Crippen LogP contribution in [0.5, 0.6) is 5.75 Å². The SMILES string of the molecule is CCC(N)Cc1cc(Br)cc(C)c1OCC1CCC1. The molecule has 106 valence electrons. The van der Waals surface area contributed by atoms with Crippen LogP contribution in [0.4, 0.5) is 0 Å². The molecule has 0 heterocycles. The van der Waals surface area contributed by atoms with Crippen molar-refractivity contribution in [2.24, 2.45) is 11.7 Å². The summed E-state index contributed by atoms with van der Waals surface area (Å²) in [6.07, 6.45) is 5.88. The van der Waals surface area contributed by atoms with Gasteiger partial charge in [0.25, 0.3) is 0 Å². The smallest absolute Gasteiger partial charge is 0.125 e. The molecule has 1 unspecified atom stereocenters. The minimum atomic E-state index is 0.208. The van der Waals surface area contributed by atoms with Crippen molar-refractivity contribution in [2.75, 3.05) is 6.61 Å². The number of rotatable bonds is 6. The van der Waals surface area contributed by atoms with Crippen LogP contribution in [0.2, 0.25) is 0 Å². The summed E-state index contributed by atoms with van der Waals surface area (Å²) in [5.74, 6) is 1.81. The fraction of sp³-hybridized carbons (Fsp3) is 0.625. The normalized spacial score (nSPS) is 17.1. The van der Waals surface area contributed by atoms with Gasteiger partial charge in [-0.15, -0.1) is 0 Å². The second-order valence-corrected chi connectivity index (χ2v) is 6.61. The molecular weight excluding hydrogens is 302 g/mol. The van der Waals surface area contributed by atoms with E-state index in [2.05, 4.69) is 41.9 Å². The van der Waals surface area contributed by atoms with Crippen LogP contribution in [0.15, 0.2) is 16.6 Å². The predicted molar refractivity (Wildman–Crippen MR) is 83.7 cm³/mol. The molecule has 2 N–H and O–H groups in total. The summed E-state index contributed by atoms with van der Waals surface area (Å²) in [7, 11) is 0. The molecule has 2 rings (SSSR count). The first kappa shape index (κ1) is 14.9. The summed E-state index contributed by atoms with van der Waals surface area (Å²) < 4.78 is 7.21. The lowest BCUT2D eigenvalue weighted by Gasteiger charge is -2.26. The third kappa shape index (κ3) is 3.96. The highest BCUT2D eigenvalue weighted by molar-refractivity contribution is 9.10. The first-order chi connectivity index (χ1) is 9.10. The van der Waals surface area contributed by atoms with Gasteiger partial charge in [-0.25, -0.2) is 0 Å². The molecule has 2 nitrogen and oxygen atoms in total.